The lowest BCUT2D eigenvalue weighted by molar-refractivity contribution is -0.151. The summed E-state index contributed by atoms with van der Waals surface area (Å²) < 4.78 is 5.03. The lowest BCUT2D eigenvalue weighted by Gasteiger charge is -2.39. The minimum absolute atomic E-state index is 0.289. The zero-order valence-corrected chi connectivity index (χ0v) is 19.0. The molecule has 0 aliphatic rings. The van der Waals surface area contributed by atoms with Gasteiger partial charge in [-0.1, -0.05) is 44.5 Å². The minimum atomic E-state index is -1.16. The molecule has 1 aromatic carbocycles. The van der Waals surface area contributed by atoms with Crippen molar-refractivity contribution in [3.8, 4) is 0 Å². The summed E-state index contributed by atoms with van der Waals surface area (Å²) in [6.45, 7) is 5.94. The van der Waals surface area contributed by atoms with Crippen LogP contribution in [0, 0.1) is 5.41 Å². The highest BCUT2D eigenvalue weighted by atomic mass is 35.5. The summed E-state index contributed by atoms with van der Waals surface area (Å²) in [7, 11) is 2.80. The SMILES string of the molecule is CNC(=O)[C@@H](N(CCCc1ccc(Cl)cc1)C(=O)C[C@H](OC)C(=O)NO)C(C)(C)C. The molecule has 30 heavy (non-hydrogen) atoms. The Morgan fingerprint density at radius 1 is 1.17 bits per heavy atom. The van der Waals surface area contributed by atoms with Gasteiger partial charge in [-0.2, -0.15) is 0 Å². The van der Waals surface area contributed by atoms with Gasteiger partial charge in [0.05, 0.1) is 6.42 Å². The lowest BCUT2D eigenvalue weighted by Crippen LogP contribution is -2.56. The van der Waals surface area contributed by atoms with Crippen molar-refractivity contribution >= 4 is 29.3 Å². The van der Waals surface area contributed by atoms with E-state index in [-0.39, 0.29) is 12.3 Å². The number of amides is 3. The van der Waals surface area contributed by atoms with Gasteiger partial charge >= 0.3 is 0 Å². The van der Waals surface area contributed by atoms with Crippen LogP contribution < -0.4 is 10.8 Å². The number of methoxy groups -OCH3 is 1. The molecule has 0 bridgehead atoms. The van der Waals surface area contributed by atoms with Gasteiger partial charge < -0.3 is 15.0 Å². The van der Waals surface area contributed by atoms with E-state index in [1.54, 1.807) is 12.1 Å². The van der Waals surface area contributed by atoms with E-state index in [1.165, 1.54) is 24.5 Å². The van der Waals surface area contributed by atoms with Crippen molar-refractivity contribution < 1.29 is 24.3 Å². The number of hydrogen-bond acceptors (Lipinski definition) is 5. The van der Waals surface area contributed by atoms with Gasteiger partial charge in [0.25, 0.3) is 5.91 Å². The summed E-state index contributed by atoms with van der Waals surface area (Å²) >= 11 is 5.92. The minimum Gasteiger partial charge on any atom is -0.371 e. The van der Waals surface area contributed by atoms with E-state index in [2.05, 4.69) is 5.32 Å². The molecule has 8 nitrogen and oxygen atoms in total. The maximum absolute atomic E-state index is 13.1. The van der Waals surface area contributed by atoms with Gasteiger partial charge in [0, 0.05) is 25.7 Å². The Balaban J connectivity index is 3.06. The van der Waals surface area contributed by atoms with E-state index >= 15 is 0 Å². The number of carbonyl (C=O) groups is 3. The molecule has 0 radical (unpaired) electrons. The number of ether oxygens (including phenoxy) is 1. The van der Waals surface area contributed by atoms with Crippen LogP contribution >= 0.6 is 11.6 Å². The Morgan fingerprint density at radius 2 is 1.77 bits per heavy atom. The number of nitrogens with one attached hydrogen (secondary N) is 2. The van der Waals surface area contributed by atoms with E-state index in [4.69, 9.17) is 21.5 Å². The topological polar surface area (TPSA) is 108 Å². The largest absolute Gasteiger partial charge is 0.371 e. The Labute approximate surface area is 182 Å². The predicted molar refractivity (Wildman–Crippen MR) is 114 cm³/mol. The van der Waals surface area contributed by atoms with E-state index in [1.807, 2.05) is 32.9 Å². The van der Waals surface area contributed by atoms with Crippen molar-refractivity contribution in [2.75, 3.05) is 20.7 Å². The number of rotatable bonds is 10. The molecule has 0 fully saturated rings. The Kier molecular flexibility index (Phi) is 10.2. The number of nitrogens with zero attached hydrogens (tertiary/aromatic N) is 1. The third-order valence-corrected chi connectivity index (χ3v) is 5.02. The number of likely N-dealkylation sites (N-methyl/N-ethyl adjacent to an activating group) is 1. The maximum Gasteiger partial charge on any atom is 0.272 e. The average molecular weight is 442 g/mol. The zero-order valence-electron chi connectivity index (χ0n) is 18.2. The van der Waals surface area contributed by atoms with Gasteiger partial charge in [-0.05, 0) is 36.0 Å². The van der Waals surface area contributed by atoms with Crippen molar-refractivity contribution in [1.29, 1.82) is 0 Å². The molecule has 3 amide bonds. The number of benzene rings is 1. The molecule has 0 aliphatic carbocycles. The normalized spacial score (nSPS) is 13.3. The number of hydrogen-bond donors (Lipinski definition) is 3. The third kappa shape index (κ3) is 7.59. The molecule has 2 atom stereocenters. The summed E-state index contributed by atoms with van der Waals surface area (Å²) in [4.78, 5) is 39.0. The number of carbonyl (C=O) groups excluding carboxylic acids is 3. The predicted octanol–water partition coefficient (Wildman–Crippen LogP) is 2.17. The molecule has 9 heteroatoms. The standard InChI is InChI=1S/C21H32ClN3O5/c1-21(2,3)18(20(28)23-4)25(17(26)13-16(30-5)19(27)24-29)12-6-7-14-8-10-15(22)11-9-14/h8-11,16,18,29H,6-7,12-13H2,1-5H3,(H,23,28)(H,24,27)/t16-,18+/m0/s1. The van der Waals surface area contributed by atoms with Crippen molar-refractivity contribution in [2.45, 2.75) is 52.2 Å². The Morgan fingerprint density at radius 3 is 2.23 bits per heavy atom. The number of hydroxylamine groups is 1. The van der Waals surface area contributed by atoms with Crippen LogP contribution in [0.25, 0.3) is 0 Å². The van der Waals surface area contributed by atoms with Crippen LogP contribution in [0.1, 0.15) is 39.2 Å². The maximum atomic E-state index is 13.1. The smallest absolute Gasteiger partial charge is 0.272 e. The molecular formula is C21H32ClN3O5. The lowest BCUT2D eigenvalue weighted by atomic mass is 9.84. The van der Waals surface area contributed by atoms with Crippen molar-refractivity contribution in [1.82, 2.24) is 15.7 Å². The number of halogens is 1. The van der Waals surface area contributed by atoms with Crippen LogP contribution in [0.5, 0.6) is 0 Å². The number of aryl methyl sites for hydroxylation is 1. The highest BCUT2D eigenvalue weighted by molar-refractivity contribution is 6.30. The monoisotopic (exact) mass is 441 g/mol. The second-order valence-corrected chi connectivity index (χ2v) is 8.54. The second-order valence-electron chi connectivity index (χ2n) is 8.10. The summed E-state index contributed by atoms with van der Waals surface area (Å²) in [5.41, 5.74) is 2.02. The fourth-order valence-electron chi connectivity index (χ4n) is 3.27. The highest BCUT2D eigenvalue weighted by Crippen LogP contribution is 2.26. The molecule has 0 spiro atoms. The van der Waals surface area contributed by atoms with Gasteiger partial charge in [-0.15, -0.1) is 0 Å². The molecule has 168 valence electrons. The van der Waals surface area contributed by atoms with Gasteiger partial charge in [0.2, 0.25) is 11.8 Å². The third-order valence-electron chi connectivity index (χ3n) is 4.77. The van der Waals surface area contributed by atoms with E-state index in [0.717, 1.165) is 5.56 Å². The van der Waals surface area contributed by atoms with Crippen LogP contribution in [0.15, 0.2) is 24.3 Å². The van der Waals surface area contributed by atoms with Gasteiger partial charge in [-0.3, -0.25) is 19.6 Å². The first-order valence-corrected chi connectivity index (χ1v) is 10.1. The van der Waals surface area contributed by atoms with Gasteiger partial charge in [-0.25, -0.2) is 5.48 Å². The van der Waals surface area contributed by atoms with Crippen molar-refractivity contribution in [3.63, 3.8) is 0 Å². The first-order chi connectivity index (χ1) is 14.0. The molecule has 0 unspecified atom stereocenters. The molecule has 1 aromatic rings. The molecular weight excluding hydrogens is 410 g/mol. The van der Waals surface area contributed by atoms with E-state index in [0.29, 0.717) is 24.4 Å². The first kappa shape index (κ1) is 25.9. The molecule has 1 rings (SSSR count). The molecule has 3 N–H and O–H groups in total. The quantitative estimate of drug-likeness (QED) is 0.381. The Hall–Kier alpha value is -2.16. The van der Waals surface area contributed by atoms with Crippen LogP contribution in [0.2, 0.25) is 5.02 Å². The molecule has 0 aromatic heterocycles. The fourth-order valence-corrected chi connectivity index (χ4v) is 3.40. The van der Waals surface area contributed by atoms with Crippen LogP contribution in [-0.2, 0) is 25.5 Å². The Bertz CT molecular complexity index is 718. The zero-order chi connectivity index (χ0) is 22.9. The summed E-state index contributed by atoms with van der Waals surface area (Å²) in [5, 5.41) is 12.1. The molecule has 0 saturated carbocycles. The summed E-state index contributed by atoms with van der Waals surface area (Å²) in [6, 6.07) is 6.70. The highest BCUT2D eigenvalue weighted by Gasteiger charge is 2.39. The molecule has 0 aliphatic heterocycles. The van der Waals surface area contributed by atoms with E-state index in [9.17, 15) is 14.4 Å². The first-order valence-electron chi connectivity index (χ1n) is 9.77. The van der Waals surface area contributed by atoms with Crippen LogP contribution in [0.4, 0.5) is 0 Å². The summed E-state index contributed by atoms with van der Waals surface area (Å²) in [6.07, 6.45) is -0.156. The van der Waals surface area contributed by atoms with Crippen molar-refractivity contribution in [3.05, 3.63) is 34.9 Å². The van der Waals surface area contributed by atoms with Gasteiger partial charge in [0.15, 0.2) is 0 Å². The summed E-state index contributed by atoms with van der Waals surface area (Å²) in [5.74, 6) is -1.52. The second kappa shape index (κ2) is 11.9. The van der Waals surface area contributed by atoms with E-state index < -0.39 is 29.4 Å². The van der Waals surface area contributed by atoms with Crippen LogP contribution in [0.3, 0.4) is 0 Å². The van der Waals surface area contributed by atoms with Gasteiger partial charge in [0.1, 0.15) is 12.1 Å². The average Bonchev–Trinajstić information content (AvgIpc) is 2.70. The molecule has 0 saturated heterocycles. The van der Waals surface area contributed by atoms with Crippen molar-refractivity contribution in [2.24, 2.45) is 5.41 Å². The fraction of sp³-hybridized carbons (Fsp3) is 0.571. The molecule has 0 heterocycles. The van der Waals surface area contributed by atoms with Crippen LogP contribution in [-0.4, -0.2) is 60.7 Å².